The van der Waals surface area contributed by atoms with Crippen LogP contribution in [0.5, 0.6) is 0 Å². The minimum atomic E-state index is 0.147. The number of nitriles is 2. The third-order valence-electron chi connectivity index (χ3n) is 4.00. The van der Waals surface area contributed by atoms with Crippen molar-refractivity contribution >= 4 is 41.0 Å². The summed E-state index contributed by atoms with van der Waals surface area (Å²) in [5, 5.41) is 29.0. The van der Waals surface area contributed by atoms with Gasteiger partial charge in [0.15, 0.2) is 23.4 Å². The van der Waals surface area contributed by atoms with Crippen molar-refractivity contribution in [3.8, 4) is 12.1 Å². The van der Waals surface area contributed by atoms with Gasteiger partial charge in [-0.15, -0.1) is 5.10 Å². The summed E-state index contributed by atoms with van der Waals surface area (Å²) in [6.45, 7) is 0. The van der Waals surface area contributed by atoms with Gasteiger partial charge in [-0.3, -0.25) is 4.79 Å². The first-order valence-corrected chi connectivity index (χ1v) is 8.39. The third-order valence-corrected chi connectivity index (χ3v) is 4.42. The van der Waals surface area contributed by atoms with Gasteiger partial charge in [-0.1, -0.05) is 11.6 Å². The average Bonchev–Trinajstić information content (AvgIpc) is 3.39. The first-order chi connectivity index (χ1) is 13.1. The van der Waals surface area contributed by atoms with Gasteiger partial charge >= 0.3 is 0 Å². The number of halogens is 1. The maximum atomic E-state index is 11.2. The lowest BCUT2D eigenvalue weighted by atomic mass is 10.1. The quantitative estimate of drug-likeness (QED) is 0.647. The van der Waals surface area contributed by atoms with Gasteiger partial charge < -0.3 is 10.6 Å². The number of imidazole rings is 1. The van der Waals surface area contributed by atoms with Crippen molar-refractivity contribution < 1.29 is 4.79 Å². The molecular formula is C17H11ClN8O. The molecule has 0 amide bonds. The Morgan fingerprint density at radius 3 is 2.78 bits per heavy atom. The topological polar surface area (TPSA) is 132 Å². The predicted molar refractivity (Wildman–Crippen MR) is 97.0 cm³/mol. The first kappa shape index (κ1) is 16.8. The fourth-order valence-electron chi connectivity index (χ4n) is 2.54. The summed E-state index contributed by atoms with van der Waals surface area (Å²) in [6.07, 6.45) is 4.05. The molecule has 1 saturated carbocycles. The van der Waals surface area contributed by atoms with Gasteiger partial charge in [-0.05, 0) is 25.0 Å². The van der Waals surface area contributed by atoms with Crippen LogP contribution in [0, 0.1) is 22.7 Å². The smallest absolute Gasteiger partial charge is 0.247 e. The van der Waals surface area contributed by atoms with E-state index in [1.54, 1.807) is 0 Å². The highest BCUT2D eigenvalue weighted by molar-refractivity contribution is 6.35. The zero-order chi connectivity index (χ0) is 19.0. The molecule has 3 aromatic rings. The number of rotatable bonds is 5. The average molecular weight is 379 g/mol. The molecule has 2 N–H and O–H groups in total. The molecule has 2 aromatic heterocycles. The summed E-state index contributed by atoms with van der Waals surface area (Å²) in [4.78, 5) is 19.8. The van der Waals surface area contributed by atoms with Gasteiger partial charge in [-0.25, -0.2) is 4.98 Å². The second kappa shape index (κ2) is 6.56. The number of nitrogens with zero attached hydrogens (tertiary/aromatic N) is 6. The Morgan fingerprint density at radius 2 is 2.11 bits per heavy atom. The van der Waals surface area contributed by atoms with Crippen molar-refractivity contribution in [2.24, 2.45) is 0 Å². The van der Waals surface area contributed by atoms with E-state index in [1.165, 1.54) is 22.8 Å². The van der Waals surface area contributed by atoms with E-state index in [2.05, 4.69) is 25.7 Å². The Labute approximate surface area is 158 Å². The molecule has 0 unspecified atom stereocenters. The van der Waals surface area contributed by atoms with Crippen LogP contribution < -0.4 is 10.6 Å². The summed E-state index contributed by atoms with van der Waals surface area (Å²) in [7, 11) is 0. The predicted octanol–water partition coefficient (Wildman–Crippen LogP) is 2.65. The van der Waals surface area contributed by atoms with Crippen molar-refractivity contribution in [2.75, 3.05) is 10.6 Å². The number of carbonyl (C=O) groups excluding carboxylic acids is 1. The molecule has 0 radical (unpaired) electrons. The number of benzene rings is 1. The number of carbonyl (C=O) groups is 1. The molecule has 1 aliphatic carbocycles. The van der Waals surface area contributed by atoms with Gasteiger partial charge in [0, 0.05) is 11.6 Å². The summed E-state index contributed by atoms with van der Waals surface area (Å²) < 4.78 is 1.38. The van der Waals surface area contributed by atoms with Crippen LogP contribution in [0.2, 0.25) is 5.02 Å². The molecular weight excluding hydrogens is 368 g/mol. The minimum Gasteiger partial charge on any atom is -0.364 e. The van der Waals surface area contributed by atoms with Crippen LogP contribution in [0.15, 0.2) is 18.3 Å². The van der Waals surface area contributed by atoms with Gasteiger partial charge in [-0.2, -0.15) is 20.0 Å². The lowest BCUT2D eigenvalue weighted by Gasteiger charge is -2.12. The van der Waals surface area contributed by atoms with Crippen LogP contribution in [0.3, 0.4) is 0 Å². The van der Waals surface area contributed by atoms with Crippen molar-refractivity contribution in [1.29, 1.82) is 10.5 Å². The number of hydrogen-bond donors (Lipinski definition) is 2. The Hall–Kier alpha value is -3.69. The molecule has 10 heteroatoms. The Morgan fingerprint density at radius 1 is 1.30 bits per heavy atom. The Bertz CT molecular complexity index is 1150. The number of nitrogens with one attached hydrogen (secondary N) is 2. The maximum Gasteiger partial charge on any atom is 0.247 e. The second-order valence-corrected chi connectivity index (χ2v) is 6.35. The molecule has 0 bridgehead atoms. The molecule has 1 aromatic carbocycles. The van der Waals surface area contributed by atoms with E-state index in [-0.39, 0.29) is 27.8 Å². The highest BCUT2D eigenvalue weighted by Gasteiger charge is 2.24. The lowest BCUT2D eigenvalue weighted by molar-refractivity contribution is 0.112. The van der Waals surface area contributed by atoms with Crippen LogP contribution in [0.1, 0.15) is 34.5 Å². The monoisotopic (exact) mass is 378 g/mol. The number of fused-ring (bicyclic) bond motifs is 1. The van der Waals surface area contributed by atoms with Crippen molar-refractivity contribution in [3.63, 3.8) is 0 Å². The molecule has 2 heterocycles. The highest BCUT2D eigenvalue weighted by atomic mass is 35.5. The van der Waals surface area contributed by atoms with Crippen molar-refractivity contribution in [2.45, 2.75) is 18.9 Å². The minimum absolute atomic E-state index is 0.147. The Kier molecular flexibility index (Phi) is 4.07. The Balaban J connectivity index is 1.81. The van der Waals surface area contributed by atoms with E-state index in [9.17, 15) is 10.1 Å². The normalized spacial score (nSPS) is 13.0. The fraction of sp³-hybridized carbons (Fsp3) is 0.176. The molecule has 9 nitrogen and oxygen atoms in total. The van der Waals surface area contributed by atoms with Crippen LogP contribution >= 0.6 is 11.6 Å². The molecule has 1 aliphatic rings. The SMILES string of the molecule is N#Cc1cc(C=O)c(Cl)c(Nc2nc(NC3CC3)c3ncc(C#N)n3n2)c1. The van der Waals surface area contributed by atoms with Gasteiger partial charge in [0.2, 0.25) is 5.95 Å². The zero-order valence-electron chi connectivity index (χ0n) is 13.8. The lowest BCUT2D eigenvalue weighted by Crippen LogP contribution is -2.11. The molecule has 0 saturated heterocycles. The van der Waals surface area contributed by atoms with Gasteiger partial charge in [0.1, 0.15) is 6.07 Å². The van der Waals surface area contributed by atoms with E-state index in [1.807, 2.05) is 12.1 Å². The zero-order valence-corrected chi connectivity index (χ0v) is 14.5. The molecule has 1 fully saturated rings. The second-order valence-electron chi connectivity index (χ2n) is 5.97. The summed E-state index contributed by atoms with van der Waals surface area (Å²) in [6, 6.07) is 7.20. The molecule has 4 rings (SSSR count). The molecule has 132 valence electrons. The van der Waals surface area contributed by atoms with Crippen LogP contribution in [-0.4, -0.2) is 31.9 Å². The van der Waals surface area contributed by atoms with Crippen LogP contribution in [-0.2, 0) is 0 Å². The van der Waals surface area contributed by atoms with Crippen LogP contribution in [0.25, 0.3) is 5.65 Å². The number of aldehydes is 1. The van der Waals surface area contributed by atoms with Gasteiger partial charge in [0.05, 0.1) is 28.5 Å². The summed E-state index contributed by atoms with van der Waals surface area (Å²) >= 11 is 6.23. The van der Waals surface area contributed by atoms with E-state index >= 15 is 0 Å². The number of aromatic nitrogens is 4. The highest BCUT2D eigenvalue weighted by Crippen LogP contribution is 2.30. The van der Waals surface area contributed by atoms with Crippen LogP contribution in [0.4, 0.5) is 17.5 Å². The molecule has 0 atom stereocenters. The van der Waals surface area contributed by atoms with Crippen molar-refractivity contribution in [3.05, 3.63) is 40.2 Å². The number of hydrogen-bond acceptors (Lipinski definition) is 8. The van der Waals surface area contributed by atoms with E-state index in [0.29, 0.717) is 29.5 Å². The standard InChI is InChI=1S/C17H11ClN8O/c18-14-10(8-27)3-9(5-19)4-13(14)23-17-24-15(22-11-1-2-11)16-21-7-12(6-20)26(16)25-17/h3-4,7-8,11H,1-2H2,(H2,22,23,24,25). The van der Waals surface area contributed by atoms with Gasteiger partial charge in [0.25, 0.3) is 0 Å². The van der Waals surface area contributed by atoms with Crippen molar-refractivity contribution in [1.82, 2.24) is 19.6 Å². The fourth-order valence-corrected chi connectivity index (χ4v) is 2.74. The molecule has 27 heavy (non-hydrogen) atoms. The van der Waals surface area contributed by atoms with E-state index in [0.717, 1.165) is 12.8 Å². The van der Waals surface area contributed by atoms with E-state index in [4.69, 9.17) is 16.9 Å². The van der Waals surface area contributed by atoms with E-state index < -0.39 is 0 Å². The molecule has 0 aliphatic heterocycles. The summed E-state index contributed by atoms with van der Waals surface area (Å²) in [5.41, 5.74) is 1.44. The molecule has 0 spiro atoms. The number of anilines is 3. The maximum absolute atomic E-state index is 11.2. The first-order valence-electron chi connectivity index (χ1n) is 8.01. The summed E-state index contributed by atoms with van der Waals surface area (Å²) in [5.74, 6) is 0.633. The largest absolute Gasteiger partial charge is 0.364 e. The third kappa shape index (κ3) is 3.12.